The lowest BCUT2D eigenvalue weighted by Crippen LogP contribution is -2.43. The third-order valence-corrected chi connectivity index (χ3v) is 6.02. The highest BCUT2D eigenvalue weighted by Gasteiger charge is 2.41. The van der Waals surface area contributed by atoms with Crippen LogP contribution in [0.1, 0.15) is 27.6 Å². The second-order valence-electron chi connectivity index (χ2n) is 4.88. The fraction of sp³-hybridized carbons (Fsp3) is 0.111. The summed E-state index contributed by atoms with van der Waals surface area (Å²) >= 11 is 0. The summed E-state index contributed by atoms with van der Waals surface area (Å²) in [7, 11) is -3.17. The summed E-state index contributed by atoms with van der Waals surface area (Å²) in [6.45, 7) is 5.51. The summed E-state index contributed by atoms with van der Waals surface area (Å²) in [6, 6.07) is 17.6. The number of carbonyl (C=O) groups is 2. The van der Waals surface area contributed by atoms with Crippen LogP contribution in [-0.4, -0.2) is 20.5 Å². The molecule has 0 aromatic heterocycles. The van der Waals surface area contributed by atoms with E-state index in [1.807, 2.05) is 19.1 Å². The van der Waals surface area contributed by atoms with Crippen LogP contribution < -0.4 is 0 Å². The van der Waals surface area contributed by atoms with Crippen molar-refractivity contribution in [2.75, 3.05) is 0 Å². The van der Waals surface area contributed by atoms with Gasteiger partial charge in [0.15, 0.2) is 0 Å². The minimum absolute atomic E-state index is 0.396. The molecule has 0 spiro atoms. The van der Waals surface area contributed by atoms with Gasteiger partial charge in [0.1, 0.15) is 0 Å². The predicted octanol–water partition coefficient (Wildman–Crippen LogP) is 3.89. The molecule has 0 aliphatic rings. The number of benzene rings is 2. The van der Waals surface area contributed by atoms with Gasteiger partial charge >= 0.3 is 20.5 Å². The van der Waals surface area contributed by atoms with Crippen LogP contribution in [0.15, 0.2) is 72.9 Å². The molecule has 4 nitrogen and oxygen atoms in total. The molecule has 5 heteroatoms. The van der Waals surface area contributed by atoms with Crippen LogP contribution in [0.2, 0.25) is 6.04 Å². The van der Waals surface area contributed by atoms with Crippen molar-refractivity contribution in [1.29, 1.82) is 0 Å². The van der Waals surface area contributed by atoms with Gasteiger partial charge in [0.2, 0.25) is 0 Å². The molecule has 0 unspecified atom stereocenters. The minimum atomic E-state index is -3.17. The van der Waals surface area contributed by atoms with Crippen molar-refractivity contribution in [3.05, 3.63) is 84.1 Å². The molecule has 2 aromatic rings. The van der Waals surface area contributed by atoms with Gasteiger partial charge in [0.25, 0.3) is 0 Å². The molecule has 2 aromatic carbocycles. The van der Waals surface area contributed by atoms with Gasteiger partial charge in [-0.2, -0.15) is 0 Å². The van der Waals surface area contributed by atoms with E-state index in [1.54, 1.807) is 48.5 Å². The summed E-state index contributed by atoms with van der Waals surface area (Å²) in [6.07, 6.45) is 0. The van der Waals surface area contributed by atoms with Gasteiger partial charge in [-0.05, 0) is 30.0 Å². The Labute approximate surface area is 136 Å². The first kappa shape index (κ1) is 16.7. The molecule has 0 aliphatic carbocycles. The average molecular weight is 326 g/mol. The van der Waals surface area contributed by atoms with E-state index in [2.05, 4.69) is 6.58 Å². The molecule has 2 rings (SSSR count). The zero-order valence-corrected chi connectivity index (χ0v) is 13.9. The van der Waals surface area contributed by atoms with Gasteiger partial charge in [-0.15, -0.1) is 6.58 Å². The van der Waals surface area contributed by atoms with E-state index >= 15 is 0 Å². The highest BCUT2D eigenvalue weighted by Crippen LogP contribution is 2.19. The quantitative estimate of drug-likeness (QED) is 0.756. The SMILES string of the molecule is C=C[Si](CC)(OC(=O)c1ccccc1)OC(=O)c1ccccc1. The molecule has 0 fully saturated rings. The lowest BCUT2D eigenvalue weighted by Gasteiger charge is -2.25. The fourth-order valence-electron chi connectivity index (χ4n) is 1.97. The van der Waals surface area contributed by atoms with Gasteiger partial charge < -0.3 is 8.85 Å². The van der Waals surface area contributed by atoms with Crippen molar-refractivity contribution in [2.45, 2.75) is 13.0 Å². The van der Waals surface area contributed by atoms with Crippen molar-refractivity contribution in [3.63, 3.8) is 0 Å². The van der Waals surface area contributed by atoms with E-state index in [9.17, 15) is 9.59 Å². The molecule has 0 bridgehead atoms. The van der Waals surface area contributed by atoms with Crippen molar-refractivity contribution in [2.24, 2.45) is 0 Å². The third-order valence-electron chi connectivity index (χ3n) is 3.35. The number of hydrogen-bond acceptors (Lipinski definition) is 4. The molecule has 0 saturated heterocycles. The molecular weight excluding hydrogens is 308 g/mol. The number of hydrogen-bond donors (Lipinski definition) is 0. The zero-order chi connectivity index (χ0) is 16.7. The van der Waals surface area contributed by atoms with Crippen molar-refractivity contribution in [1.82, 2.24) is 0 Å². The molecule has 0 saturated carbocycles. The first-order valence-corrected chi connectivity index (χ1v) is 9.40. The van der Waals surface area contributed by atoms with Gasteiger partial charge in [-0.25, -0.2) is 9.59 Å². The summed E-state index contributed by atoms with van der Waals surface area (Å²) in [5.41, 5.74) is 2.29. The molecular formula is C18H18O4Si. The lowest BCUT2D eigenvalue weighted by molar-refractivity contribution is 0.0577. The third kappa shape index (κ3) is 4.17. The molecule has 0 radical (unpaired) electrons. The van der Waals surface area contributed by atoms with E-state index in [-0.39, 0.29) is 0 Å². The normalized spacial score (nSPS) is 10.7. The fourth-order valence-corrected chi connectivity index (χ4v) is 3.62. The van der Waals surface area contributed by atoms with Crippen LogP contribution in [0.5, 0.6) is 0 Å². The molecule has 0 heterocycles. The number of carbonyl (C=O) groups excluding carboxylic acids is 2. The Morgan fingerprint density at radius 2 is 1.30 bits per heavy atom. The Bertz CT molecular complexity index is 629. The smallest absolute Gasteiger partial charge is 0.478 e. The van der Waals surface area contributed by atoms with Gasteiger partial charge in [-0.3, -0.25) is 0 Å². The molecule has 0 amide bonds. The van der Waals surface area contributed by atoms with Crippen LogP contribution >= 0.6 is 0 Å². The first-order chi connectivity index (χ1) is 11.1. The van der Waals surface area contributed by atoms with Crippen LogP contribution in [0, 0.1) is 0 Å². The van der Waals surface area contributed by atoms with Gasteiger partial charge in [0.05, 0.1) is 11.1 Å². The summed E-state index contributed by atoms with van der Waals surface area (Å²) in [5, 5.41) is 0. The molecule has 118 valence electrons. The second kappa shape index (κ2) is 7.55. The van der Waals surface area contributed by atoms with E-state index in [4.69, 9.17) is 8.85 Å². The van der Waals surface area contributed by atoms with E-state index < -0.39 is 20.5 Å². The Hall–Kier alpha value is -2.66. The zero-order valence-electron chi connectivity index (χ0n) is 12.9. The highest BCUT2D eigenvalue weighted by atomic mass is 28.4. The largest absolute Gasteiger partial charge is 0.491 e. The summed E-state index contributed by atoms with van der Waals surface area (Å²) in [4.78, 5) is 24.5. The minimum Gasteiger partial charge on any atom is -0.478 e. The van der Waals surface area contributed by atoms with Gasteiger partial charge in [0, 0.05) is 6.04 Å². The molecule has 0 atom stereocenters. The highest BCUT2D eigenvalue weighted by molar-refractivity contribution is 6.75. The topological polar surface area (TPSA) is 52.6 Å². The monoisotopic (exact) mass is 326 g/mol. The van der Waals surface area contributed by atoms with Crippen molar-refractivity contribution >= 4 is 20.5 Å². The number of rotatable bonds is 6. The van der Waals surface area contributed by atoms with Crippen LogP contribution in [0.3, 0.4) is 0 Å². The lowest BCUT2D eigenvalue weighted by atomic mass is 10.2. The molecule has 0 N–H and O–H groups in total. The average Bonchev–Trinajstić information content (AvgIpc) is 2.62. The Morgan fingerprint density at radius 3 is 1.61 bits per heavy atom. The maximum atomic E-state index is 12.3. The van der Waals surface area contributed by atoms with Crippen molar-refractivity contribution in [3.8, 4) is 0 Å². The maximum Gasteiger partial charge on any atom is 0.491 e. The second-order valence-corrected chi connectivity index (χ2v) is 8.03. The predicted molar refractivity (Wildman–Crippen MR) is 90.1 cm³/mol. The Morgan fingerprint density at radius 1 is 0.913 bits per heavy atom. The molecule has 23 heavy (non-hydrogen) atoms. The Kier molecular flexibility index (Phi) is 5.49. The van der Waals surface area contributed by atoms with Crippen LogP contribution in [0.4, 0.5) is 0 Å². The van der Waals surface area contributed by atoms with Crippen molar-refractivity contribution < 1.29 is 18.4 Å². The maximum absolute atomic E-state index is 12.3. The van der Waals surface area contributed by atoms with Gasteiger partial charge in [-0.1, -0.05) is 43.3 Å². The summed E-state index contributed by atoms with van der Waals surface area (Å²) < 4.78 is 11.1. The standard InChI is InChI=1S/C18H18O4Si/c1-3-23(4-2,21-17(19)15-11-7-5-8-12-15)22-18(20)16-13-9-6-10-14-16/h3,5-14H,1,4H2,2H3. The van der Waals surface area contributed by atoms with E-state index in [0.29, 0.717) is 17.2 Å². The van der Waals surface area contributed by atoms with E-state index in [0.717, 1.165) is 0 Å². The van der Waals surface area contributed by atoms with Crippen LogP contribution in [0.25, 0.3) is 0 Å². The Balaban J connectivity index is 2.17. The summed E-state index contributed by atoms with van der Waals surface area (Å²) in [5.74, 6) is -1.03. The van der Waals surface area contributed by atoms with E-state index in [1.165, 1.54) is 5.70 Å². The van der Waals surface area contributed by atoms with Crippen LogP contribution in [-0.2, 0) is 8.85 Å². The molecule has 0 aliphatic heterocycles. The first-order valence-electron chi connectivity index (χ1n) is 7.30.